The van der Waals surface area contributed by atoms with Crippen LogP contribution in [0.3, 0.4) is 0 Å². The van der Waals surface area contributed by atoms with Crippen LogP contribution in [-0.4, -0.2) is 15.6 Å². The van der Waals surface area contributed by atoms with Crippen LogP contribution in [0.5, 0.6) is 0 Å². The molecule has 0 aliphatic heterocycles. The first kappa shape index (κ1) is 12.1. The number of allylic oxidation sites excluding steroid dienone is 2. The smallest absolute Gasteiger partial charge is 0.258 e. The molecular weight excluding hydrogens is 270 g/mol. The molecule has 0 unspecified atom stereocenters. The molecule has 3 rings (SSSR count). The molecule has 1 saturated carbocycles. The minimum absolute atomic E-state index is 0.0878. The van der Waals surface area contributed by atoms with E-state index < -0.39 is 0 Å². The molecule has 2 aliphatic carbocycles. The summed E-state index contributed by atoms with van der Waals surface area (Å²) in [7, 11) is 0. The van der Waals surface area contributed by atoms with Gasteiger partial charge in [-0.25, -0.2) is 0 Å². The predicted molar refractivity (Wildman–Crippen MR) is 73.1 cm³/mol. The van der Waals surface area contributed by atoms with Crippen LogP contribution in [0.2, 0.25) is 0 Å². The average molecular weight is 282 g/mol. The Morgan fingerprint density at radius 1 is 1.28 bits per heavy atom. The van der Waals surface area contributed by atoms with Crippen LogP contribution in [0.1, 0.15) is 6.42 Å². The molecule has 3 nitrogen and oxygen atoms in total. The van der Waals surface area contributed by atoms with Crippen LogP contribution in [-0.2, 0) is 0 Å². The van der Waals surface area contributed by atoms with Gasteiger partial charge in [0.1, 0.15) is 0 Å². The maximum atomic E-state index is 11.0. The zero-order chi connectivity index (χ0) is 12.7. The van der Waals surface area contributed by atoms with Gasteiger partial charge >= 0.3 is 0 Å². The molecule has 94 valence electrons. The predicted octanol–water partition coefficient (Wildman–Crippen LogP) is 3.87. The maximum Gasteiger partial charge on any atom is 0.282 e. The summed E-state index contributed by atoms with van der Waals surface area (Å²) in [4.78, 5) is 11.4. The van der Waals surface area contributed by atoms with Gasteiger partial charge in [-0.1, -0.05) is 24.3 Å². The number of nitro benzene ring substituents is 1. The monoisotopic (exact) mass is 281 g/mol. The molecule has 4 atom stereocenters. The Balaban J connectivity index is 1.85. The van der Waals surface area contributed by atoms with Crippen molar-refractivity contribution in [2.75, 3.05) is 0 Å². The molecule has 2 aliphatic rings. The fraction of sp³-hybridized carbons (Fsp3) is 0.385. The van der Waals surface area contributed by atoms with Gasteiger partial charge in [0.25, 0.3) is 5.69 Å². The molecule has 1 fully saturated rings. The highest BCUT2D eigenvalue weighted by Crippen LogP contribution is 2.50. The van der Waals surface area contributed by atoms with Crippen molar-refractivity contribution in [1.29, 1.82) is 0 Å². The Morgan fingerprint density at radius 3 is 2.67 bits per heavy atom. The van der Waals surface area contributed by atoms with Gasteiger partial charge in [-0.05, 0) is 24.3 Å². The van der Waals surface area contributed by atoms with Gasteiger partial charge in [0.05, 0.1) is 15.2 Å². The normalized spacial score (nSPS) is 32.9. The van der Waals surface area contributed by atoms with Crippen molar-refractivity contribution in [2.45, 2.75) is 21.9 Å². The highest BCUT2D eigenvalue weighted by atomic mass is 35.5. The number of halogens is 1. The lowest BCUT2D eigenvalue weighted by Gasteiger charge is -2.22. The van der Waals surface area contributed by atoms with E-state index in [2.05, 4.69) is 12.2 Å². The summed E-state index contributed by atoms with van der Waals surface area (Å²) in [5, 5.41) is 11.3. The Hall–Kier alpha value is -1.000. The second kappa shape index (κ2) is 4.59. The fourth-order valence-corrected chi connectivity index (χ4v) is 4.67. The number of hydrogen-bond acceptors (Lipinski definition) is 3. The summed E-state index contributed by atoms with van der Waals surface area (Å²) in [5.74, 6) is 0.902. The second-order valence-electron chi connectivity index (χ2n) is 4.70. The maximum absolute atomic E-state index is 11.0. The molecular formula is C13H12ClNO2S. The summed E-state index contributed by atoms with van der Waals surface area (Å²) in [6.45, 7) is 0. The molecule has 0 heterocycles. The number of benzene rings is 1. The van der Waals surface area contributed by atoms with Crippen LogP contribution >= 0.6 is 23.4 Å². The van der Waals surface area contributed by atoms with Crippen molar-refractivity contribution in [3.05, 3.63) is 46.5 Å². The summed E-state index contributed by atoms with van der Waals surface area (Å²) >= 11 is 7.97. The van der Waals surface area contributed by atoms with E-state index in [1.165, 1.54) is 0 Å². The van der Waals surface area contributed by atoms with Crippen molar-refractivity contribution in [2.24, 2.45) is 11.8 Å². The zero-order valence-electron chi connectivity index (χ0n) is 9.53. The average Bonchev–Trinajstić information content (AvgIpc) is 2.93. The third-order valence-corrected chi connectivity index (χ3v) is 5.88. The number of fused-ring (bicyclic) bond motifs is 2. The van der Waals surface area contributed by atoms with E-state index in [0.29, 0.717) is 11.8 Å². The van der Waals surface area contributed by atoms with Crippen LogP contribution < -0.4 is 0 Å². The number of hydrogen-bond donors (Lipinski definition) is 0. The third-order valence-electron chi connectivity index (χ3n) is 3.62. The lowest BCUT2D eigenvalue weighted by atomic mass is 10.1. The van der Waals surface area contributed by atoms with E-state index >= 15 is 0 Å². The molecule has 0 radical (unpaired) electrons. The van der Waals surface area contributed by atoms with Crippen LogP contribution in [0.15, 0.2) is 41.3 Å². The Morgan fingerprint density at radius 2 is 2.00 bits per heavy atom. The van der Waals surface area contributed by atoms with Gasteiger partial charge in [-0.15, -0.1) is 23.4 Å². The van der Waals surface area contributed by atoms with Gasteiger partial charge in [-0.2, -0.15) is 0 Å². The molecule has 1 aromatic carbocycles. The number of nitrogens with zero attached hydrogens (tertiary/aromatic N) is 1. The van der Waals surface area contributed by atoms with Crippen molar-refractivity contribution < 1.29 is 4.92 Å². The molecule has 5 heteroatoms. The van der Waals surface area contributed by atoms with Crippen molar-refractivity contribution in [3.63, 3.8) is 0 Å². The highest BCUT2D eigenvalue weighted by molar-refractivity contribution is 8.00. The molecule has 0 aromatic heterocycles. The molecule has 2 bridgehead atoms. The first-order valence-electron chi connectivity index (χ1n) is 5.89. The Labute approximate surface area is 114 Å². The van der Waals surface area contributed by atoms with E-state index in [0.717, 1.165) is 11.3 Å². The molecule has 0 saturated heterocycles. The molecule has 0 spiro atoms. The molecule has 0 N–H and O–H groups in total. The quantitative estimate of drug-likeness (QED) is 0.366. The number of thioether (sulfide) groups is 1. The SMILES string of the molecule is O=[N+]([O-])c1ccccc1S[C@@H]1[C@@H](Cl)[C@@H]2C=C[C@H]1C2. The summed E-state index contributed by atoms with van der Waals surface area (Å²) < 4.78 is 0. The topological polar surface area (TPSA) is 43.1 Å². The first-order chi connectivity index (χ1) is 8.66. The van der Waals surface area contributed by atoms with Crippen LogP contribution in [0, 0.1) is 22.0 Å². The van der Waals surface area contributed by atoms with Crippen molar-refractivity contribution >= 4 is 29.1 Å². The van der Waals surface area contributed by atoms with E-state index in [4.69, 9.17) is 11.6 Å². The lowest BCUT2D eigenvalue weighted by Crippen LogP contribution is -2.22. The van der Waals surface area contributed by atoms with Gasteiger partial charge < -0.3 is 0 Å². The van der Waals surface area contributed by atoms with Crippen LogP contribution in [0.25, 0.3) is 0 Å². The third kappa shape index (κ3) is 1.93. The number of para-hydroxylation sites is 1. The standard InChI is InChI=1S/C13H12ClNO2S/c14-12-8-5-6-9(7-8)13(12)18-11-4-2-1-3-10(11)15(16)17/h1-6,8-9,12-13H,7H2/t8-,9+,12+,13+/m1/s1. The van der Waals surface area contributed by atoms with E-state index in [9.17, 15) is 10.1 Å². The Kier molecular flexibility index (Phi) is 3.08. The van der Waals surface area contributed by atoms with Gasteiger partial charge in [-0.3, -0.25) is 10.1 Å². The second-order valence-corrected chi connectivity index (χ2v) is 6.42. The largest absolute Gasteiger partial charge is 0.282 e. The van der Waals surface area contributed by atoms with E-state index in [-0.39, 0.29) is 21.2 Å². The summed E-state index contributed by atoms with van der Waals surface area (Å²) in [6.07, 6.45) is 5.47. The summed E-state index contributed by atoms with van der Waals surface area (Å²) in [5.41, 5.74) is 0.179. The van der Waals surface area contributed by atoms with Gasteiger partial charge in [0.2, 0.25) is 0 Å². The molecule has 18 heavy (non-hydrogen) atoms. The molecule has 1 aromatic rings. The summed E-state index contributed by atoms with van der Waals surface area (Å²) in [6, 6.07) is 6.89. The minimum atomic E-state index is -0.325. The lowest BCUT2D eigenvalue weighted by molar-refractivity contribution is -0.387. The number of nitro groups is 1. The Bertz CT molecular complexity index is 519. The number of alkyl halides is 1. The van der Waals surface area contributed by atoms with E-state index in [1.54, 1.807) is 23.9 Å². The minimum Gasteiger partial charge on any atom is -0.258 e. The highest BCUT2D eigenvalue weighted by Gasteiger charge is 2.44. The first-order valence-corrected chi connectivity index (χ1v) is 7.21. The van der Waals surface area contributed by atoms with E-state index in [1.807, 2.05) is 12.1 Å². The number of rotatable bonds is 3. The fourth-order valence-electron chi connectivity index (χ4n) is 2.72. The van der Waals surface area contributed by atoms with Gasteiger partial charge in [0.15, 0.2) is 0 Å². The van der Waals surface area contributed by atoms with Crippen molar-refractivity contribution in [3.8, 4) is 0 Å². The zero-order valence-corrected chi connectivity index (χ0v) is 11.1. The molecule has 0 amide bonds. The van der Waals surface area contributed by atoms with Crippen LogP contribution in [0.4, 0.5) is 5.69 Å². The van der Waals surface area contributed by atoms with Gasteiger partial charge in [0, 0.05) is 11.3 Å². The van der Waals surface area contributed by atoms with Crippen molar-refractivity contribution in [1.82, 2.24) is 0 Å².